The first kappa shape index (κ1) is 18.0. The van der Waals surface area contributed by atoms with Gasteiger partial charge in [-0.05, 0) is 60.0 Å². The first-order valence-corrected chi connectivity index (χ1v) is 7.65. The molecule has 0 saturated heterocycles. The summed E-state index contributed by atoms with van der Waals surface area (Å²) in [4.78, 5) is 18.7. The molecule has 0 radical (unpaired) electrons. The van der Waals surface area contributed by atoms with Crippen LogP contribution in [0.4, 0.5) is 4.79 Å². The van der Waals surface area contributed by atoms with Gasteiger partial charge in [0.1, 0.15) is 17.1 Å². The van der Waals surface area contributed by atoms with Gasteiger partial charge in [0.25, 0.3) is 0 Å². The summed E-state index contributed by atoms with van der Waals surface area (Å²) < 4.78 is 5.51. The van der Waals surface area contributed by atoms with E-state index in [9.17, 15) is 4.79 Å². The largest absolute Gasteiger partial charge is 0.443 e. The number of ether oxygens (including phenoxy) is 1. The van der Waals surface area contributed by atoms with Gasteiger partial charge in [-0.15, -0.1) is 0 Å². The van der Waals surface area contributed by atoms with Crippen LogP contribution < -0.4 is 0 Å². The van der Waals surface area contributed by atoms with Crippen LogP contribution in [0, 0.1) is 11.8 Å². The maximum atomic E-state index is 12.6. The van der Waals surface area contributed by atoms with E-state index in [2.05, 4.69) is 23.8 Å². The van der Waals surface area contributed by atoms with Crippen molar-refractivity contribution in [3.05, 3.63) is 23.4 Å². The Kier molecular flexibility index (Phi) is 5.99. The third kappa shape index (κ3) is 4.49. The van der Waals surface area contributed by atoms with Gasteiger partial charge < -0.3 is 4.74 Å². The molecular formula is C18H26N2O2. The zero-order valence-electron chi connectivity index (χ0n) is 14.7. The highest BCUT2D eigenvalue weighted by Gasteiger charge is 2.34. The van der Waals surface area contributed by atoms with Crippen LogP contribution in [0.5, 0.6) is 0 Å². The van der Waals surface area contributed by atoms with Crippen LogP contribution in [0.3, 0.4) is 0 Å². The minimum Gasteiger partial charge on any atom is -0.443 e. The molecule has 0 aromatic rings. The number of rotatable bonds is 2. The van der Waals surface area contributed by atoms with E-state index in [-0.39, 0.29) is 6.04 Å². The second-order valence-electron chi connectivity index (χ2n) is 6.17. The number of allylic oxidation sites excluding steroid dienone is 2. The Bertz CT molecular complexity index is 580. The van der Waals surface area contributed by atoms with Crippen molar-refractivity contribution >= 4 is 11.9 Å². The highest BCUT2D eigenvalue weighted by molar-refractivity contribution is 6.13. The molecule has 0 aromatic carbocycles. The summed E-state index contributed by atoms with van der Waals surface area (Å²) in [6.45, 7) is 13.3. The van der Waals surface area contributed by atoms with Crippen molar-refractivity contribution < 1.29 is 9.53 Å². The zero-order chi connectivity index (χ0) is 16.9. The van der Waals surface area contributed by atoms with Crippen LogP contribution in [0.2, 0.25) is 0 Å². The molecule has 0 N–H and O–H groups in total. The molecule has 1 unspecified atom stereocenters. The molecule has 0 saturated carbocycles. The van der Waals surface area contributed by atoms with E-state index in [0.29, 0.717) is 11.5 Å². The Morgan fingerprint density at radius 3 is 2.59 bits per heavy atom. The summed E-state index contributed by atoms with van der Waals surface area (Å²) in [5, 5.41) is 0. The molecule has 1 atom stereocenters. The van der Waals surface area contributed by atoms with Gasteiger partial charge in [0.2, 0.25) is 0 Å². The summed E-state index contributed by atoms with van der Waals surface area (Å²) in [6.07, 6.45) is 4.27. The van der Waals surface area contributed by atoms with Gasteiger partial charge in [-0.2, -0.15) is 0 Å². The molecule has 0 bridgehead atoms. The topological polar surface area (TPSA) is 41.9 Å². The first-order chi connectivity index (χ1) is 10.2. The minimum atomic E-state index is -0.567. The number of carbonyl (C=O) groups excluding carboxylic acids is 1. The van der Waals surface area contributed by atoms with E-state index in [1.165, 1.54) is 4.90 Å². The first-order valence-electron chi connectivity index (χ1n) is 7.65. The fourth-order valence-electron chi connectivity index (χ4n) is 1.88. The van der Waals surface area contributed by atoms with Gasteiger partial charge in [-0.3, -0.25) is 4.99 Å². The Balaban J connectivity index is 3.29. The number of amides is 1. The number of carbonyl (C=O) groups is 1. The van der Waals surface area contributed by atoms with Gasteiger partial charge in [-0.1, -0.05) is 18.9 Å². The van der Waals surface area contributed by atoms with Crippen molar-refractivity contribution in [3.63, 3.8) is 0 Å². The maximum absolute atomic E-state index is 12.6. The lowest BCUT2D eigenvalue weighted by Gasteiger charge is -2.25. The molecular weight excluding hydrogens is 276 g/mol. The molecule has 0 aliphatic carbocycles. The van der Waals surface area contributed by atoms with E-state index in [0.717, 1.165) is 12.0 Å². The third-order valence-corrected chi connectivity index (χ3v) is 3.08. The number of hydrogen-bond acceptors (Lipinski definition) is 3. The highest BCUT2D eigenvalue weighted by Crippen LogP contribution is 2.25. The number of hydrogen-bond donors (Lipinski definition) is 0. The van der Waals surface area contributed by atoms with Crippen LogP contribution in [0.25, 0.3) is 0 Å². The molecule has 1 heterocycles. The Morgan fingerprint density at radius 1 is 1.50 bits per heavy atom. The number of amidine groups is 1. The van der Waals surface area contributed by atoms with Crippen LogP contribution in [0.15, 0.2) is 28.4 Å². The van der Waals surface area contributed by atoms with Crippen molar-refractivity contribution in [1.29, 1.82) is 0 Å². The summed E-state index contributed by atoms with van der Waals surface area (Å²) in [6, 6.07) is 0.122. The average Bonchev–Trinajstić information content (AvgIpc) is 2.74. The van der Waals surface area contributed by atoms with E-state index in [1.807, 2.05) is 46.8 Å². The predicted octanol–water partition coefficient (Wildman–Crippen LogP) is 4.29. The Morgan fingerprint density at radius 2 is 2.14 bits per heavy atom. The summed E-state index contributed by atoms with van der Waals surface area (Å²) in [7, 11) is 0. The van der Waals surface area contributed by atoms with Gasteiger partial charge in [0, 0.05) is 11.6 Å². The molecule has 0 spiro atoms. The normalized spacial score (nSPS) is 19.8. The Hall–Kier alpha value is -2.02. The zero-order valence-corrected chi connectivity index (χ0v) is 14.7. The molecule has 1 rings (SSSR count). The SMILES string of the molecule is CC#CC1=C/C(=C/C)C(=NC(C)CC)N1C(=O)OC(C)(C)C. The van der Waals surface area contributed by atoms with Crippen LogP contribution in [-0.4, -0.2) is 28.5 Å². The third-order valence-electron chi connectivity index (χ3n) is 3.08. The van der Waals surface area contributed by atoms with Crippen molar-refractivity contribution in [3.8, 4) is 11.8 Å². The predicted molar refractivity (Wildman–Crippen MR) is 90.6 cm³/mol. The summed E-state index contributed by atoms with van der Waals surface area (Å²) in [5.74, 6) is 6.42. The van der Waals surface area contributed by atoms with E-state index >= 15 is 0 Å². The van der Waals surface area contributed by atoms with Crippen molar-refractivity contribution in [2.75, 3.05) is 0 Å². The second kappa shape index (κ2) is 7.31. The van der Waals surface area contributed by atoms with Crippen molar-refractivity contribution in [2.45, 2.75) is 66.5 Å². The van der Waals surface area contributed by atoms with Gasteiger partial charge in [0.05, 0.1) is 0 Å². The van der Waals surface area contributed by atoms with Gasteiger partial charge in [0.15, 0.2) is 0 Å². The summed E-state index contributed by atoms with van der Waals surface area (Å²) >= 11 is 0. The lowest BCUT2D eigenvalue weighted by molar-refractivity contribution is 0.0421. The monoisotopic (exact) mass is 302 g/mol. The molecule has 4 nitrogen and oxygen atoms in total. The van der Waals surface area contributed by atoms with Crippen molar-refractivity contribution in [2.24, 2.45) is 4.99 Å². The number of aliphatic imine (C=N–C) groups is 1. The van der Waals surface area contributed by atoms with Gasteiger partial charge >= 0.3 is 6.09 Å². The van der Waals surface area contributed by atoms with E-state index in [1.54, 1.807) is 6.92 Å². The van der Waals surface area contributed by atoms with E-state index in [4.69, 9.17) is 4.74 Å². The fraction of sp³-hybridized carbons (Fsp3) is 0.556. The molecule has 1 aliphatic rings. The van der Waals surface area contributed by atoms with Crippen LogP contribution in [0.1, 0.15) is 54.9 Å². The smallest absolute Gasteiger partial charge is 0.421 e. The highest BCUT2D eigenvalue weighted by atomic mass is 16.6. The average molecular weight is 302 g/mol. The van der Waals surface area contributed by atoms with E-state index < -0.39 is 11.7 Å². The molecule has 0 fully saturated rings. The summed E-state index contributed by atoms with van der Waals surface area (Å²) in [5.41, 5.74) is 0.929. The van der Waals surface area contributed by atoms with Gasteiger partial charge in [-0.25, -0.2) is 9.69 Å². The molecule has 1 amide bonds. The molecule has 22 heavy (non-hydrogen) atoms. The minimum absolute atomic E-state index is 0.122. The molecule has 120 valence electrons. The quantitative estimate of drug-likeness (QED) is 0.714. The fourth-order valence-corrected chi connectivity index (χ4v) is 1.88. The Labute approximate surface area is 133 Å². The van der Waals surface area contributed by atoms with Crippen LogP contribution in [-0.2, 0) is 4.74 Å². The lowest BCUT2D eigenvalue weighted by atomic mass is 10.2. The maximum Gasteiger partial charge on any atom is 0.421 e. The standard InChI is InChI=1S/C18H26N2O2/c1-8-11-15-12-14(10-3)16(19-13(4)9-2)20(15)17(21)22-18(5,6)7/h10,12-13H,9H2,1-7H3/b14-10-,19-16?. The molecule has 0 aromatic heterocycles. The van der Waals surface area contributed by atoms with Crippen molar-refractivity contribution in [1.82, 2.24) is 4.90 Å². The lowest BCUT2D eigenvalue weighted by Crippen LogP contribution is -2.38. The molecule has 4 heteroatoms. The number of nitrogens with zero attached hydrogens (tertiary/aromatic N) is 2. The second-order valence-corrected chi connectivity index (χ2v) is 6.17. The van der Waals surface area contributed by atoms with Crippen LogP contribution >= 0.6 is 0 Å². The molecule has 1 aliphatic heterocycles.